The Balaban J connectivity index is 1.80. The van der Waals surface area contributed by atoms with Crippen molar-refractivity contribution in [2.45, 2.75) is 38.3 Å². The summed E-state index contributed by atoms with van der Waals surface area (Å²) >= 11 is 5.15. The maximum atomic E-state index is 5.86. The Morgan fingerprint density at radius 3 is 2.84 bits per heavy atom. The van der Waals surface area contributed by atoms with Crippen LogP contribution in [0.15, 0.2) is 18.2 Å². The maximum Gasteiger partial charge on any atom is 0.106 e. The molecule has 4 heteroatoms. The molecule has 1 aliphatic heterocycles. The molecule has 0 spiro atoms. The van der Waals surface area contributed by atoms with Crippen LogP contribution in [0.5, 0.6) is 0 Å². The molecule has 1 aromatic rings. The Labute approximate surface area is 119 Å². The number of rotatable bonds is 4. The second-order valence-corrected chi connectivity index (χ2v) is 6.07. The Morgan fingerprint density at radius 1 is 1.37 bits per heavy atom. The van der Waals surface area contributed by atoms with Crippen molar-refractivity contribution in [2.75, 3.05) is 11.9 Å². The van der Waals surface area contributed by atoms with Crippen LogP contribution < -0.4 is 11.1 Å². The van der Waals surface area contributed by atoms with Crippen molar-refractivity contribution in [3.8, 4) is 0 Å². The number of ether oxygens (including phenoxy) is 1. The van der Waals surface area contributed by atoms with E-state index in [-0.39, 0.29) is 0 Å². The van der Waals surface area contributed by atoms with E-state index in [1.165, 1.54) is 18.4 Å². The molecule has 19 heavy (non-hydrogen) atoms. The molecule has 1 heterocycles. The van der Waals surface area contributed by atoms with E-state index < -0.39 is 0 Å². The van der Waals surface area contributed by atoms with E-state index in [0.29, 0.717) is 17.1 Å². The number of nitrogens with two attached hydrogens (primary N) is 1. The predicted molar refractivity (Wildman–Crippen MR) is 81.6 cm³/mol. The van der Waals surface area contributed by atoms with Crippen molar-refractivity contribution in [1.82, 2.24) is 0 Å². The van der Waals surface area contributed by atoms with Gasteiger partial charge in [-0.15, -0.1) is 0 Å². The second kappa shape index (κ2) is 5.10. The number of hydrogen-bond acceptors (Lipinski definition) is 3. The molecule has 0 bridgehead atoms. The lowest BCUT2D eigenvalue weighted by molar-refractivity contribution is 0.0898. The van der Waals surface area contributed by atoms with Crippen molar-refractivity contribution < 1.29 is 4.74 Å². The standard InChI is InChI=1S/C15H20N2OS/c1-9-2-5-12(11(8-9)15(16)19)17-13-6-7-18-14(13)10-3-4-10/h2,5,8,10,13-14,17H,3-4,6-7H2,1H3,(H2,16,19). The molecule has 2 aliphatic rings. The lowest BCUT2D eigenvalue weighted by Gasteiger charge is -2.22. The Hall–Kier alpha value is -1.13. The number of aryl methyl sites for hydroxylation is 1. The first kappa shape index (κ1) is 12.9. The van der Waals surface area contributed by atoms with Crippen molar-refractivity contribution in [1.29, 1.82) is 0 Å². The number of nitrogens with one attached hydrogen (secondary N) is 1. The molecule has 0 radical (unpaired) electrons. The van der Waals surface area contributed by atoms with Gasteiger partial charge in [-0.1, -0.05) is 23.8 Å². The molecule has 1 aromatic carbocycles. The topological polar surface area (TPSA) is 47.3 Å². The molecule has 102 valence electrons. The monoisotopic (exact) mass is 276 g/mol. The minimum atomic E-state index is 0.362. The number of anilines is 1. The van der Waals surface area contributed by atoms with Crippen LogP contribution in [0.2, 0.25) is 0 Å². The van der Waals surface area contributed by atoms with E-state index in [0.717, 1.165) is 30.2 Å². The van der Waals surface area contributed by atoms with Gasteiger partial charge in [-0.05, 0) is 44.2 Å². The fourth-order valence-corrected chi connectivity index (χ4v) is 3.01. The Kier molecular flexibility index (Phi) is 3.46. The van der Waals surface area contributed by atoms with Crippen molar-refractivity contribution in [3.05, 3.63) is 29.3 Å². The molecule has 2 fully saturated rings. The highest BCUT2D eigenvalue weighted by Crippen LogP contribution is 2.39. The van der Waals surface area contributed by atoms with Gasteiger partial charge in [0, 0.05) is 17.9 Å². The van der Waals surface area contributed by atoms with Gasteiger partial charge in [0.1, 0.15) is 4.99 Å². The Morgan fingerprint density at radius 2 is 2.16 bits per heavy atom. The lowest BCUT2D eigenvalue weighted by atomic mass is 10.0. The van der Waals surface area contributed by atoms with Crippen LogP contribution in [0.3, 0.4) is 0 Å². The minimum absolute atomic E-state index is 0.362. The van der Waals surface area contributed by atoms with Crippen LogP contribution in [0.1, 0.15) is 30.4 Å². The fourth-order valence-electron chi connectivity index (χ4n) is 2.84. The zero-order valence-corrected chi connectivity index (χ0v) is 12.0. The summed E-state index contributed by atoms with van der Waals surface area (Å²) in [6.45, 7) is 2.91. The Bertz CT molecular complexity index is 499. The van der Waals surface area contributed by atoms with Gasteiger partial charge in [0.15, 0.2) is 0 Å². The van der Waals surface area contributed by atoms with Crippen molar-refractivity contribution >= 4 is 22.9 Å². The van der Waals surface area contributed by atoms with E-state index in [9.17, 15) is 0 Å². The van der Waals surface area contributed by atoms with Gasteiger partial charge < -0.3 is 15.8 Å². The zero-order valence-electron chi connectivity index (χ0n) is 11.2. The highest BCUT2D eigenvalue weighted by molar-refractivity contribution is 7.80. The summed E-state index contributed by atoms with van der Waals surface area (Å²) in [5, 5.41) is 3.60. The summed E-state index contributed by atoms with van der Waals surface area (Å²) in [6, 6.07) is 6.61. The summed E-state index contributed by atoms with van der Waals surface area (Å²) in [4.78, 5) is 0.452. The average Bonchev–Trinajstić information content (AvgIpc) is 3.12. The second-order valence-electron chi connectivity index (χ2n) is 5.63. The molecular weight excluding hydrogens is 256 g/mol. The predicted octanol–water partition coefficient (Wildman–Crippen LogP) is 2.61. The number of hydrogen-bond donors (Lipinski definition) is 2. The van der Waals surface area contributed by atoms with E-state index in [1.54, 1.807) is 0 Å². The van der Waals surface area contributed by atoms with Gasteiger partial charge in [0.2, 0.25) is 0 Å². The molecule has 1 saturated heterocycles. The molecule has 3 nitrogen and oxygen atoms in total. The first-order chi connectivity index (χ1) is 9.15. The highest BCUT2D eigenvalue weighted by Gasteiger charge is 2.40. The average molecular weight is 276 g/mol. The minimum Gasteiger partial charge on any atom is -0.389 e. The van der Waals surface area contributed by atoms with Crippen LogP contribution in [-0.4, -0.2) is 23.7 Å². The molecular formula is C15H20N2OS. The number of benzene rings is 1. The van der Waals surface area contributed by atoms with Gasteiger partial charge in [0.25, 0.3) is 0 Å². The van der Waals surface area contributed by atoms with Crippen molar-refractivity contribution in [2.24, 2.45) is 11.7 Å². The molecule has 1 aliphatic carbocycles. The first-order valence-corrected chi connectivity index (χ1v) is 7.34. The van der Waals surface area contributed by atoms with Gasteiger partial charge >= 0.3 is 0 Å². The molecule has 0 amide bonds. The van der Waals surface area contributed by atoms with Crippen LogP contribution in [0.4, 0.5) is 5.69 Å². The summed E-state index contributed by atoms with van der Waals surface area (Å²) in [6.07, 6.45) is 4.03. The zero-order chi connectivity index (χ0) is 13.4. The first-order valence-electron chi connectivity index (χ1n) is 6.94. The van der Waals surface area contributed by atoms with Gasteiger partial charge in [-0.3, -0.25) is 0 Å². The summed E-state index contributed by atoms with van der Waals surface area (Å²) < 4.78 is 5.86. The van der Waals surface area contributed by atoms with E-state index in [2.05, 4.69) is 24.4 Å². The van der Waals surface area contributed by atoms with E-state index in [4.69, 9.17) is 22.7 Å². The molecule has 3 rings (SSSR count). The third-order valence-corrected chi connectivity index (χ3v) is 4.22. The van der Waals surface area contributed by atoms with Crippen LogP contribution in [0, 0.1) is 12.8 Å². The molecule has 1 saturated carbocycles. The quantitative estimate of drug-likeness (QED) is 0.830. The van der Waals surface area contributed by atoms with E-state index >= 15 is 0 Å². The van der Waals surface area contributed by atoms with Gasteiger partial charge in [-0.25, -0.2) is 0 Å². The summed E-state index contributed by atoms with van der Waals surface area (Å²) in [7, 11) is 0. The lowest BCUT2D eigenvalue weighted by Crippen LogP contribution is -2.31. The molecule has 0 aromatic heterocycles. The summed E-state index contributed by atoms with van der Waals surface area (Å²) in [5.74, 6) is 0.749. The smallest absolute Gasteiger partial charge is 0.106 e. The normalized spacial score (nSPS) is 26.4. The van der Waals surface area contributed by atoms with Crippen LogP contribution in [0.25, 0.3) is 0 Å². The third-order valence-electron chi connectivity index (χ3n) is 4.00. The number of thiocarbonyl (C=S) groups is 1. The van der Waals surface area contributed by atoms with Gasteiger partial charge in [0.05, 0.1) is 12.1 Å². The molecule has 2 unspecified atom stereocenters. The third kappa shape index (κ3) is 2.74. The van der Waals surface area contributed by atoms with Gasteiger partial charge in [-0.2, -0.15) is 0 Å². The largest absolute Gasteiger partial charge is 0.389 e. The maximum absolute atomic E-state index is 5.86. The van der Waals surface area contributed by atoms with E-state index in [1.807, 2.05) is 6.07 Å². The van der Waals surface area contributed by atoms with Crippen LogP contribution >= 0.6 is 12.2 Å². The SMILES string of the molecule is Cc1ccc(NC2CCOC2C2CC2)c(C(N)=S)c1. The van der Waals surface area contributed by atoms with Crippen molar-refractivity contribution in [3.63, 3.8) is 0 Å². The molecule has 2 atom stereocenters. The molecule has 3 N–H and O–H groups in total. The summed E-state index contributed by atoms with van der Waals surface area (Å²) in [5.41, 5.74) is 8.98. The van der Waals surface area contributed by atoms with Crippen LogP contribution in [-0.2, 0) is 4.74 Å². The fraction of sp³-hybridized carbons (Fsp3) is 0.533. The highest BCUT2D eigenvalue weighted by atomic mass is 32.1.